The molecule has 3 aromatic heterocycles. The van der Waals surface area contributed by atoms with Gasteiger partial charge in [-0.2, -0.15) is 0 Å². The van der Waals surface area contributed by atoms with E-state index in [4.69, 9.17) is 4.74 Å². The number of ether oxygens (including phenoxy) is 1. The van der Waals surface area contributed by atoms with Crippen LogP contribution >= 0.6 is 11.3 Å². The highest BCUT2D eigenvalue weighted by Gasteiger charge is 2.33. The van der Waals surface area contributed by atoms with Gasteiger partial charge in [-0.25, -0.2) is 14.4 Å². The maximum Gasteiger partial charge on any atom is 0.274 e. The lowest BCUT2D eigenvalue weighted by Crippen LogP contribution is -2.54. The molecule has 1 amide bonds. The summed E-state index contributed by atoms with van der Waals surface area (Å²) in [5, 5.41) is 4.92. The zero-order valence-electron chi connectivity index (χ0n) is 16.0. The monoisotopic (exact) mass is 403 g/mol. The minimum absolute atomic E-state index is 0.0812. The second-order valence-corrected chi connectivity index (χ2v) is 6.88. The van der Waals surface area contributed by atoms with Crippen LogP contribution in [0.5, 0.6) is 0 Å². The van der Waals surface area contributed by atoms with Crippen LogP contribution in [-0.2, 0) is 11.3 Å². The number of rotatable bonds is 5. The van der Waals surface area contributed by atoms with E-state index in [1.807, 2.05) is 25.3 Å². The average molecular weight is 403 g/mol. The third-order valence-electron chi connectivity index (χ3n) is 4.19. The van der Waals surface area contributed by atoms with Crippen molar-refractivity contribution in [1.82, 2.24) is 19.9 Å². The van der Waals surface area contributed by atoms with Gasteiger partial charge in [0.15, 0.2) is 5.69 Å². The maximum absolute atomic E-state index is 13.2. The van der Waals surface area contributed by atoms with Gasteiger partial charge < -0.3 is 15.0 Å². The lowest BCUT2D eigenvalue weighted by Gasteiger charge is -2.37. The van der Waals surface area contributed by atoms with Crippen LogP contribution < -0.4 is 5.32 Å². The van der Waals surface area contributed by atoms with Gasteiger partial charge in [0.1, 0.15) is 5.82 Å². The summed E-state index contributed by atoms with van der Waals surface area (Å²) in [4.78, 5) is 27.1. The summed E-state index contributed by atoms with van der Waals surface area (Å²) in [6.07, 6.45) is 2.79. The molecule has 28 heavy (non-hydrogen) atoms. The van der Waals surface area contributed by atoms with Crippen LogP contribution in [0.4, 0.5) is 10.3 Å². The van der Waals surface area contributed by atoms with Crippen LogP contribution in [0.2, 0.25) is 0 Å². The first-order valence-corrected chi connectivity index (χ1v) is 9.92. The van der Waals surface area contributed by atoms with E-state index in [0.29, 0.717) is 42.4 Å². The topological polar surface area (TPSA) is 80.2 Å². The van der Waals surface area contributed by atoms with Crippen molar-refractivity contribution in [1.29, 1.82) is 0 Å². The van der Waals surface area contributed by atoms with Crippen molar-refractivity contribution in [2.75, 3.05) is 25.5 Å². The lowest BCUT2D eigenvalue weighted by atomic mass is 10.1. The van der Waals surface area contributed by atoms with Gasteiger partial charge in [0.25, 0.3) is 5.91 Å². The van der Waals surface area contributed by atoms with E-state index in [9.17, 15) is 9.18 Å². The Morgan fingerprint density at radius 1 is 1.36 bits per heavy atom. The Kier molecular flexibility index (Phi) is 6.48. The molecule has 1 N–H and O–H groups in total. The summed E-state index contributed by atoms with van der Waals surface area (Å²) in [6.45, 7) is 5.43. The number of nitrogens with zero attached hydrogens (tertiary/aromatic N) is 4. The number of pyridine rings is 1. The quantitative estimate of drug-likeness (QED) is 0.704. The molecule has 1 fully saturated rings. The van der Waals surface area contributed by atoms with Gasteiger partial charge in [-0.15, -0.1) is 11.3 Å². The number of carbonyl (C=O) groups is 1. The fourth-order valence-corrected chi connectivity index (χ4v) is 3.54. The Bertz CT molecular complexity index is 958. The van der Waals surface area contributed by atoms with Gasteiger partial charge in [-0.3, -0.25) is 9.78 Å². The second-order valence-electron chi connectivity index (χ2n) is 5.96. The van der Waals surface area contributed by atoms with E-state index >= 15 is 0 Å². The van der Waals surface area contributed by atoms with Crippen LogP contribution in [0, 0.1) is 5.82 Å². The number of halogens is 1. The molecule has 1 aliphatic heterocycles. The highest BCUT2D eigenvalue weighted by Crippen LogP contribution is 2.26. The van der Waals surface area contributed by atoms with Crippen LogP contribution in [0.3, 0.4) is 0 Å². The molecular weight excluding hydrogens is 381 g/mol. The fourth-order valence-electron chi connectivity index (χ4n) is 2.72. The number of methoxy groups -OCH3 is 1. The second kappa shape index (κ2) is 9.03. The summed E-state index contributed by atoms with van der Waals surface area (Å²) in [6, 6.07) is 3.24. The zero-order valence-corrected chi connectivity index (χ0v) is 16.8. The van der Waals surface area contributed by atoms with Crippen molar-refractivity contribution < 1.29 is 13.9 Å². The SMILES string of the molecule is CC.COC1CN(C(=O)c2nc(NCc3cncc(F)c3)nc3ccsc23)C1. The standard InChI is InChI=1S/C17H16FN5O2S.C2H6/c1-25-12-8-23(9-12)16(24)14-15-13(2-3-26-15)21-17(22-14)20-6-10-4-11(18)7-19-5-10;1-2/h2-5,7,12H,6,8-9H2,1H3,(H,20,21,22);1-2H3. The lowest BCUT2D eigenvalue weighted by molar-refractivity contribution is -0.0193. The van der Waals surface area contributed by atoms with Crippen molar-refractivity contribution >= 4 is 33.4 Å². The Morgan fingerprint density at radius 2 is 2.14 bits per heavy atom. The van der Waals surface area contributed by atoms with E-state index in [1.54, 1.807) is 18.2 Å². The zero-order chi connectivity index (χ0) is 20.1. The maximum atomic E-state index is 13.2. The molecule has 1 saturated heterocycles. The number of amides is 1. The Hall–Kier alpha value is -2.65. The van der Waals surface area contributed by atoms with Gasteiger partial charge in [-0.1, -0.05) is 13.8 Å². The molecule has 1 aliphatic rings. The number of hydrogen-bond acceptors (Lipinski definition) is 7. The number of anilines is 1. The highest BCUT2D eigenvalue weighted by molar-refractivity contribution is 7.17. The Morgan fingerprint density at radius 3 is 2.86 bits per heavy atom. The van der Waals surface area contributed by atoms with E-state index in [0.717, 1.165) is 10.9 Å². The number of aromatic nitrogens is 3. The first kappa shape index (κ1) is 20.1. The molecule has 0 radical (unpaired) electrons. The van der Waals surface area contributed by atoms with Crippen LogP contribution in [0.25, 0.3) is 10.2 Å². The van der Waals surface area contributed by atoms with E-state index in [2.05, 4.69) is 20.3 Å². The molecule has 0 bridgehead atoms. The molecule has 9 heteroatoms. The third kappa shape index (κ3) is 4.26. The van der Waals surface area contributed by atoms with Crippen LogP contribution in [0.15, 0.2) is 29.9 Å². The van der Waals surface area contributed by atoms with Crippen LogP contribution in [-0.4, -0.2) is 52.1 Å². The molecule has 4 rings (SSSR count). The average Bonchev–Trinajstić information content (AvgIpc) is 3.15. The molecule has 4 heterocycles. The van der Waals surface area contributed by atoms with E-state index in [1.165, 1.54) is 17.4 Å². The fraction of sp³-hybridized carbons (Fsp3) is 0.368. The molecule has 0 aliphatic carbocycles. The molecule has 3 aromatic rings. The number of carbonyl (C=O) groups excluding carboxylic acids is 1. The summed E-state index contributed by atoms with van der Waals surface area (Å²) in [7, 11) is 1.64. The van der Waals surface area contributed by atoms with Crippen molar-refractivity contribution in [3.8, 4) is 0 Å². The number of thiophene rings is 1. The van der Waals surface area contributed by atoms with Gasteiger partial charge in [-0.05, 0) is 23.1 Å². The van der Waals surface area contributed by atoms with Crippen molar-refractivity contribution in [3.05, 3.63) is 47.0 Å². The number of likely N-dealkylation sites (tertiary alicyclic amines) is 1. The molecule has 0 saturated carbocycles. The molecule has 0 aromatic carbocycles. The predicted molar refractivity (Wildman–Crippen MR) is 107 cm³/mol. The predicted octanol–water partition coefficient (Wildman–Crippen LogP) is 3.33. The Balaban J connectivity index is 0.00000109. The summed E-state index contributed by atoms with van der Waals surface area (Å²) >= 11 is 1.43. The van der Waals surface area contributed by atoms with Gasteiger partial charge in [0, 0.05) is 32.9 Å². The summed E-state index contributed by atoms with van der Waals surface area (Å²) in [5.74, 6) is -0.212. The number of nitrogens with one attached hydrogen (secondary N) is 1. The number of fused-ring (bicyclic) bond motifs is 1. The molecule has 0 spiro atoms. The minimum atomic E-state index is -0.403. The summed E-state index contributed by atoms with van der Waals surface area (Å²) < 4.78 is 19.2. The summed E-state index contributed by atoms with van der Waals surface area (Å²) in [5.41, 5.74) is 1.74. The molecule has 0 atom stereocenters. The largest absolute Gasteiger partial charge is 0.378 e. The van der Waals surface area contributed by atoms with E-state index in [-0.39, 0.29) is 12.0 Å². The normalized spacial score (nSPS) is 13.6. The molecular formula is C19H22FN5O2S. The van der Waals surface area contributed by atoms with Crippen molar-refractivity contribution in [2.45, 2.75) is 26.5 Å². The van der Waals surface area contributed by atoms with Crippen LogP contribution in [0.1, 0.15) is 29.9 Å². The third-order valence-corrected chi connectivity index (χ3v) is 5.10. The first-order chi connectivity index (χ1) is 13.6. The molecule has 7 nitrogen and oxygen atoms in total. The first-order valence-electron chi connectivity index (χ1n) is 9.04. The van der Waals surface area contributed by atoms with Crippen molar-refractivity contribution in [3.63, 3.8) is 0 Å². The van der Waals surface area contributed by atoms with E-state index < -0.39 is 5.82 Å². The highest BCUT2D eigenvalue weighted by atomic mass is 32.1. The molecule has 148 valence electrons. The molecule has 0 unspecified atom stereocenters. The van der Waals surface area contributed by atoms with Gasteiger partial charge in [0.2, 0.25) is 5.95 Å². The minimum Gasteiger partial charge on any atom is -0.378 e. The van der Waals surface area contributed by atoms with Gasteiger partial charge >= 0.3 is 0 Å². The van der Waals surface area contributed by atoms with Gasteiger partial charge in [0.05, 0.1) is 22.5 Å². The smallest absolute Gasteiger partial charge is 0.274 e. The van der Waals surface area contributed by atoms with Crippen molar-refractivity contribution in [2.24, 2.45) is 0 Å². The Labute approximate surface area is 166 Å². The number of hydrogen-bond donors (Lipinski definition) is 1.